The first-order chi connectivity index (χ1) is 13.7. The number of ether oxygens (including phenoxy) is 1. The van der Waals surface area contributed by atoms with Crippen LogP contribution in [0.5, 0.6) is 5.75 Å². The van der Waals surface area contributed by atoms with Crippen molar-refractivity contribution < 1.29 is 32.2 Å². The number of hydrogen-bond acceptors (Lipinski definition) is 5. The van der Waals surface area contributed by atoms with Crippen molar-refractivity contribution in [3.8, 4) is 5.75 Å². The van der Waals surface area contributed by atoms with Gasteiger partial charge in [-0.15, -0.1) is 0 Å². The molecule has 0 spiro atoms. The molecule has 1 heterocycles. The maximum Gasteiger partial charge on any atom is 0.409 e. The molecule has 0 aromatic heterocycles. The number of halogens is 1. The number of amides is 2. The fraction of sp³-hybridized carbons (Fsp3) is 0.222. The molecule has 3 N–H and O–H groups in total. The second kappa shape index (κ2) is 7.95. The van der Waals surface area contributed by atoms with Crippen molar-refractivity contribution in [2.45, 2.75) is 17.9 Å². The summed E-state index contributed by atoms with van der Waals surface area (Å²) in [7, 11) is -4.11. The fourth-order valence-corrected chi connectivity index (χ4v) is 4.34. The molecule has 0 saturated heterocycles. The molecule has 1 aliphatic heterocycles. The van der Waals surface area contributed by atoms with Gasteiger partial charge in [-0.05, 0) is 42.5 Å². The molecule has 29 heavy (non-hydrogen) atoms. The number of fused-ring (bicyclic) bond motifs is 1. The first-order valence-corrected chi connectivity index (χ1v) is 9.94. The van der Waals surface area contributed by atoms with Gasteiger partial charge in [-0.2, -0.15) is 0 Å². The van der Waals surface area contributed by atoms with Gasteiger partial charge in [0.15, 0.2) is 0 Å². The zero-order valence-corrected chi connectivity index (χ0v) is 16.1. The van der Waals surface area contributed by atoms with E-state index >= 15 is 0 Å². The largest absolute Gasteiger partial charge is 0.484 e. The standard InChI is InChI=1S/C18H18FN3O6S/c1-11(23)20-9-14-10-22(29(26,27)15-5-2-12(19)3-6-15)16-8-13(21-18(24)25)4-7-17(16)28-14/h2-8,14,21H,9-10H2,1H3,(H,20,23)(H,24,25). The van der Waals surface area contributed by atoms with Crippen LogP contribution in [0, 0.1) is 5.82 Å². The molecule has 154 valence electrons. The van der Waals surface area contributed by atoms with Gasteiger partial charge < -0.3 is 15.2 Å². The van der Waals surface area contributed by atoms with E-state index in [1.165, 1.54) is 25.1 Å². The van der Waals surface area contributed by atoms with Gasteiger partial charge in [0.25, 0.3) is 10.0 Å². The molecular formula is C18H18FN3O6S. The molecule has 2 aromatic carbocycles. The van der Waals surface area contributed by atoms with Gasteiger partial charge in [-0.3, -0.25) is 14.4 Å². The third-order valence-corrected chi connectivity index (χ3v) is 5.92. The van der Waals surface area contributed by atoms with E-state index in [0.717, 1.165) is 28.6 Å². The number of nitrogens with one attached hydrogen (secondary N) is 2. The van der Waals surface area contributed by atoms with Gasteiger partial charge in [0.05, 0.1) is 23.7 Å². The van der Waals surface area contributed by atoms with Crippen molar-refractivity contribution in [3.05, 3.63) is 48.3 Å². The van der Waals surface area contributed by atoms with Crippen LogP contribution in [0.25, 0.3) is 0 Å². The summed E-state index contributed by atoms with van der Waals surface area (Å²) >= 11 is 0. The van der Waals surface area contributed by atoms with Crippen LogP contribution >= 0.6 is 0 Å². The average Bonchev–Trinajstić information content (AvgIpc) is 2.65. The molecule has 3 rings (SSSR count). The highest BCUT2D eigenvalue weighted by molar-refractivity contribution is 7.92. The van der Waals surface area contributed by atoms with Crippen LogP contribution in [0.2, 0.25) is 0 Å². The highest BCUT2D eigenvalue weighted by Gasteiger charge is 2.35. The van der Waals surface area contributed by atoms with E-state index in [0.29, 0.717) is 0 Å². The molecule has 0 fully saturated rings. The Kier molecular flexibility index (Phi) is 5.59. The van der Waals surface area contributed by atoms with Crippen LogP contribution in [-0.2, 0) is 14.8 Å². The van der Waals surface area contributed by atoms with Gasteiger partial charge in [0.1, 0.15) is 17.7 Å². The smallest absolute Gasteiger partial charge is 0.409 e. The fourth-order valence-electron chi connectivity index (χ4n) is 2.84. The lowest BCUT2D eigenvalue weighted by Gasteiger charge is -2.35. The van der Waals surface area contributed by atoms with E-state index in [1.807, 2.05) is 0 Å². The lowest BCUT2D eigenvalue weighted by atomic mass is 10.2. The summed E-state index contributed by atoms with van der Waals surface area (Å²) in [6.07, 6.45) is -1.99. The van der Waals surface area contributed by atoms with Crippen LogP contribution in [0.1, 0.15) is 6.92 Å². The van der Waals surface area contributed by atoms with Gasteiger partial charge in [-0.25, -0.2) is 17.6 Å². The van der Waals surface area contributed by atoms with E-state index in [4.69, 9.17) is 9.84 Å². The Morgan fingerprint density at radius 2 is 1.93 bits per heavy atom. The van der Waals surface area contributed by atoms with E-state index in [-0.39, 0.29) is 41.0 Å². The second-order valence-corrected chi connectivity index (χ2v) is 8.14. The third kappa shape index (κ3) is 4.57. The minimum atomic E-state index is -4.11. The van der Waals surface area contributed by atoms with Crippen molar-refractivity contribution in [1.82, 2.24) is 5.32 Å². The summed E-state index contributed by atoms with van der Waals surface area (Å²) in [4.78, 5) is 22.0. The van der Waals surface area contributed by atoms with Crippen LogP contribution < -0.4 is 19.7 Å². The average molecular weight is 423 g/mol. The SMILES string of the molecule is CC(=O)NCC1CN(S(=O)(=O)c2ccc(F)cc2)c2cc(NC(=O)O)ccc2O1. The molecule has 9 nitrogen and oxygen atoms in total. The van der Waals surface area contributed by atoms with Crippen molar-refractivity contribution in [2.75, 3.05) is 22.7 Å². The van der Waals surface area contributed by atoms with Crippen LogP contribution in [0.15, 0.2) is 47.4 Å². The summed E-state index contributed by atoms with van der Waals surface area (Å²) in [5.41, 5.74) is 0.277. The molecule has 11 heteroatoms. The summed E-state index contributed by atoms with van der Waals surface area (Å²) in [6, 6.07) is 8.55. The number of carbonyl (C=O) groups is 2. The Bertz CT molecular complexity index is 1040. The zero-order valence-electron chi connectivity index (χ0n) is 15.3. The zero-order chi connectivity index (χ0) is 21.2. The lowest BCUT2D eigenvalue weighted by molar-refractivity contribution is -0.119. The third-order valence-electron chi connectivity index (χ3n) is 4.12. The molecule has 1 aliphatic rings. The Hall–Kier alpha value is -3.34. The Labute approximate surface area is 166 Å². The molecule has 0 radical (unpaired) electrons. The van der Waals surface area contributed by atoms with E-state index < -0.39 is 28.0 Å². The second-order valence-electron chi connectivity index (χ2n) is 6.28. The number of hydrogen-bond donors (Lipinski definition) is 3. The summed E-state index contributed by atoms with van der Waals surface area (Å²) in [5.74, 6) is -0.677. The number of anilines is 2. The monoisotopic (exact) mass is 423 g/mol. The van der Waals surface area contributed by atoms with Gasteiger partial charge in [0, 0.05) is 12.6 Å². The summed E-state index contributed by atoms with van der Waals surface area (Å²) in [5, 5.41) is 13.7. The topological polar surface area (TPSA) is 125 Å². The molecule has 2 amide bonds. The Morgan fingerprint density at radius 1 is 1.24 bits per heavy atom. The quantitative estimate of drug-likeness (QED) is 0.676. The highest BCUT2D eigenvalue weighted by atomic mass is 32.2. The maximum atomic E-state index is 13.2. The van der Waals surface area contributed by atoms with Crippen molar-refractivity contribution in [2.24, 2.45) is 0 Å². The Balaban J connectivity index is 2.03. The molecule has 0 bridgehead atoms. The van der Waals surface area contributed by atoms with Crippen molar-refractivity contribution >= 4 is 33.4 Å². The number of carboxylic acid groups (broad SMARTS) is 1. The predicted octanol–water partition coefficient (Wildman–Crippen LogP) is 2.01. The molecular weight excluding hydrogens is 405 g/mol. The van der Waals surface area contributed by atoms with Crippen LogP contribution in [0.4, 0.5) is 20.6 Å². The predicted molar refractivity (Wildman–Crippen MR) is 102 cm³/mol. The molecule has 0 aliphatic carbocycles. The maximum absolute atomic E-state index is 13.2. The van der Waals surface area contributed by atoms with Gasteiger partial charge >= 0.3 is 6.09 Å². The first-order valence-electron chi connectivity index (χ1n) is 8.50. The van der Waals surface area contributed by atoms with E-state index in [9.17, 15) is 22.4 Å². The first kappa shape index (κ1) is 20.4. The van der Waals surface area contributed by atoms with Gasteiger partial charge in [0.2, 0.25) is 5.91 Å². The number of carbonyl (C=O) groups excluding carboxylic acids is 1. The highest BCUT2D eigenvalue weighted by Crippen LogP contribution is 2.38. The number of nitrogens with zero attached hydrogens (tertiary/aromatic N) is 1. The number of sulfonamides is 1. The minimum absolute atomic E-state index is 0.0688. The van der Waals surface area contributed by atoms with Crippen molar-refractivity contribution in [1.29, 1.82) is 0 Å². The molecule has 2 aromatic rings. The van der Waals surface area contributed by atoms with Crippen molar-refractivity contribution in [3.63, 3.8) is 0 Å². The molecule has 1 unspecified atom stereocenters. The lowest BCUT2D eigenvalue weighted by Crippen LogP contribution is -2.48. The minimum Gasteiger partial charge on any atom is -0.484 e. The molecule has 1 atom stereocenters. The summed E-state index contributed by atoms with van der Waals surface area (Å²) < 4.78 is 46.5. The van der Waals surface area contributed by atoms with E-state index in [1.54, 1.807) is 0 Å². The van der Waals surface area contributed by atoms with E-state index in [2.05, 4.69) is 10.6 Å². The van der Waals surface area contributed by atoms with Crippen LogP contribution in [0.3, 0.4) is 0 Å². The number of benzene rings is 2. The van der Waals surface area contributed by atoms with Gasteiger partial charge in [-0.1, -0.05) is 0 Å². The Morgan fingerprint density at radius 3 is 2.55 bits per heavy atom. The molecule has 0 saturated carbocycles. The number of rotatable bonds is 5. The summed E-state index contributed by atoms with van der Waals surface area (Å²) in [6.45, 7) is 1.26. The van der Waals surface area contributed by atoms with Crippen LogP contribution in [-0.4, -0.2) is 44.7 Å². The normalized spacial score (nSPS) is 15.8.